The summed E-state index contributed by atoms with van der Waals surface area (Å²) in [4.78, 5) is 0. The summed E-state index contributed by atoms with van der Waals surface area (Å²) in [6, 6.07) is 18.6. The van der Waals surface area contributed by atoms with Crippen molar-refractivity contribution in [1.29, 1.82) is 0 Å². The fourth-order valence-corrected chi connectivity index (χ4v) is 5.50. The molecule has 34 heavy (non-hydrogen) atoms. The summed E-state index contributed by atoms with van der Waals surface area (Å²) < 4.78 is 15.2. The number of hydrogen-bond donors (Lipinski definition) is 0. The summed E-state index contributed by atoms with van der Waals surface area (Å²) in [5.41, 5.74) is 4.14. The Morgan fingerprint density at radius 3 is 2.32 bits per heavy atom. The van der Waals surface area contributed by atoms with E-state index < -0.39 is 0 Å². The Morgan fingerprint density at radius 1 is 0.794 bits per heavy atom. The smallest absolute Gasteiger partial charge is 0.146 e. The topological polar surface area (TPSA) is 0 Å². The first kappa shape index (κ1) is 24.5. The molecule has 0 bridgehead atoms. The molecule has 1 heteroatoms. The van der Waals surface area contributed by atoms with Crippen LogP contribution in [-0.2, 0) is 6.42 Å². The van der Waals surface area contributed by atoms with Gasteiger partial charge in [0.2, 0.25) is 0 Å². The number of unbranched alkanes of at least 4 members (excludes halogenated alkanes) is 3. The van der Waals surface area contributed by atoms with Crippen LogP contribution in [0, 0.1) is 23.6 Å². The first-order valence-electron chi connectivity index (χ1n) is 13.5. The molecule has 1 saturated carbocycles. The van der Waals surface area contributed by atoms with Crippen molar-refractivity contribution in [2.75, 3.05) is 0 Å². The average Bonchev–Trinajstić information content (AvgIpc) is 2.87. The second-order valence-corrected chi connectivity index (χ2v) is 10.2. The van der Waals surface area contributed by atoms with Gasteiger partial charge in [-0.05, 0) is 85.1 Å². The van der Waals surface area contributed by atoms with Gasteiger partial charge in [0.1, 0.15) is 5.82 Å². The first-order chi connectivity index (χ1) is 16.7. The molecule has 1 aliphatic rings. The lowest BCUT2D eigenvalue weighted by Gasteiger charge is -2.28. The van der Waals surface area contributed by atoms with Gasteiger partial charge in [-0.1, -0.05) is 94.2 Å². The minimum atomic E-state index is -0.198. The molecule has 0 unspecified atom stereocenters. The standard InChI is InChI=1S/C33H39F/c1-3-5-6-7-9-26-10-12-27(13-11-26)16-19-29-20-21-31-24-30(22-23-32(31)33(29)34)28-17-14-25(8-4-2)15-18-28/h10-13,20-25,28H,3-9,14-15,17-18H2,1-2H3. The van der Waals surface area contributed by atoms with Gasteiger partial charge in [0.15, 0.2) is 0 Å². The Morgan fingerprint density at radius 2 is 1.59 bits per heavy atom. The summed E-state index contributed by atoms with van der Waals surface area (Å²) >= 11 is 0. The fraction of sp³-hybridized carbons (Fsp3) is 0.455. The summed E-state index contributed by atoms with van der Waals surface area (Å²) in [6.07, 6.45) is 14.1. The summed E-state index contributed by atoms with van der Waals surface area (Å²) in [6.45, 7) is 4.53. The van der Waals surface area contributed by atoms with Crippen molar-refractivity contribution in [1.82, 2.24) is 0 Å². The molecule has 0 aliphatic heterocycles. The maximum atomic E-state index is 15.2. The number of fused-ring (bicyclic) bond motifs is 1. The van der Waals surface area contributed by atoms with E-state index in [1.807, 2.05) is 18.2 Å². The molecule has 0 spiro atoms. The first-order valence-corrected chi connectivity index (χ1v) is 13.5. The quantitative estimate of drug-likeness (QED) is 0.235. The van der Waals surface area contributed by atoms with Crippen LogP contribution in [0.5, 0.6) is 0 Å². The largest absolute Gasteiger partial charge is 0.205 e. The highest BCUT2D eigenvalue weighted by Crippen LogP contribution is 2.38. The Bertz CT molecular complexity index is 1120. The number of hydrogen-bond acceptors (Lipinski definition) is 0. The molecule has 178 valence electrons. The Kier molecular flexibility index (Phi) is 8.81. The second-order valence-electron chi connectivity index (χ2n) is 10.2. The molecule has 3 aromatic rings. The lowest BCUT2D eigenvalue weighted by Crippen LogP contribution is -2.13. The van der Waals surface area contributed by atoms with E-state index >= 15 is 4.39 Å². The van der Waals surface area contributed by atoms with Crippen LogP contribution in [0.4, 0.5) is 4.39 Å². The van der Waals surface area contributed by atoms with Crippen molar-refractivity contribution in [2.45, 2.75) is 90.4 Å². The van der Waals surface area contributed by atoms with Crippen LogP contribution in [-0.4, -0.2) is 0 Å². The lowest BCUT2D eigenvalue weighted by molar-refractivity contribution is 0.308. The van der Waals surface area contributed by atoms with E-state index in [0.29, 0.717) is 16.9 Å². The number of halogens is 1. The van der Waals surface area contributed by atoms with Crippen LogP contribution in [0.15, 0.2) is 54.6 Å². The van der Waals surface area contributed by atoms with E-state index in [0.717, 1.165) is 23.3 Å². The molecule has 3 aromatic carbocycles. The van der Waals surface area contributed by atoms with Gasteiger partial charge in [-0.15, -0.1) is 0 Å². The molecule has 1 aliphatic carbocycles. The number of aryl methyl sites for hydroxylation is 1. The van der Waals surface area contributed by atoms with Crippen molar-refractivity contribution in [2.24, 2.45) is 5.92 Å². The summed E-state index contributed by atoms with van der Waals surface area (Å²) in [5.74, 6) is 7.55. The summed E-state index contributed by atoms with van der Waals surface area (Å²) in [5, 5.41) is 1.67. The highest BCUT2D eigenvalue weighted by Gasteiger charge is 2.22. The van der Waals surface area contributed by atoms with Gasteiger partial charge >= 0.3 is 0 Å². The number of benzene rings is 3. The van der Waals surface area contributed by atoms with E-state index in [9.17, 15) is 0 Å². The third-order valence-electron chi connectivity index (χ3n) is 7.61. The molecule has 0 atom stereocenters. The molecular formula is C33H39F. The third kappa shape index (κ3) is 6.29. The highest BCUT2D eigenvalue weighted by atomic mass is 19.1. The summed E-state index contributed by atoms with van der Waals surface area (Å²) in [7, 11) is 0. The van der Waals surface area contributed by atoms with Crippen LogP contribution >= 0.6 is 0 Å². The minimum Gasteiger partial charge on any atom is -0.205 e. The average molecular weight is 455 g/mol. The van der Waals surface area contributed by atoms with E-state index in [2.05, 4.69) is 62.1 Å². The van der Waals surface area contributed by atoms with Gasteiger partial charge < -0.3 is 0 Å². The van der Waals surface area contributed by atoms with Gasteiger partial charge in [0.05, 0.1) is 5.56 Å². The fourth-order valence-electron chi connectivity index (χ4n) is 5.50. The molecule has 0 N–H and O–H groups in total. The zero-order chi connectivity index (χ0) is 23.8. The van der Waals surface area contributed by atoms with Gasteiger partial charge in [0.25, 0.3) is 0 Å². The van der Waals surface area contributed by atoms with Gasteiger partial charge in [-0.2, -0.15) is 0 Å². The van der Waals surface area contributed by atoms with Gasteiger partial charge in [0, 0.05) is 10.9 Å². The van der Waals surface area contributed by atoms with Gasteiger partial charge in [-0.3, -0.25) is 0 Å². The predicted molar refractivity (Wildman–Crippen MR) is 144 cm³/mol. The minimum absolute atomic E-state index is 0.198. The van der Waals surface area contributed by atoms with E-state index in [1.54, 1.807) is 0 Å². The number of rotatable bonds is 8. The van der Waals surface area contributed by atoms with Crippen molar-refractivity contribution < 1.29 is 4.39 Å². The van der Waals surface area contributed by atoms with Crippen molar-refractivity contribution in [3.8, 4) is 11.8 Å². The SMILES string of the molecule is CCCCCCc1ccc(C#Cc2ccc3cc(C4CCC(CCC)CC4)ccc3c2F)cc1. The van der Waals surface area contributed by atoms with E-state index in [4.69, 9.17) is 0 Å². The Balaban J connectivity index is 1.43. The van der Waals surface area contributed by atoms with Crippen LogP contribution in [0.3, 0.4) is 0 Å². The van der Waals surface area contributed by atoms with E-state index in [1.165, 1.54) is 75.3 Å². The lowest BCUT2D eigenvalue weighted by atomic mass is 9.77. The molecular weight excluding hydrogens is 415 g/mol. The van der Waals surface area contributed by atoms with E-state index in [-0.39, 0.29) is 5.82 Å². The molecule has 0 saturated heterocycles. The zero-order valence-electron chi connectivity index (χ0n) is 21.0. The molecule has 0 amide bonds. The van der Waals surface area contributed by atoms with Crippen molar-refractivity contribution in [3.05, 3.63) is 82.7 Å². The molecule has 4 rings (SSSR count). The normalized spacial score (nSPS) is 18.0. The highest BCUT2D eigenvalue weighted by molar-refractivity contribution is 5.85. The Hall–Kier alpha value is -2.59. The van der Waals surface area contributed by atoms with Gasteiger partial charge in [-0.25, -0.2) is 4.39 Å². The van der Waals surface area contributed by atoms with Crippen LogP contribution in [0.2, 0.25) is 0 Å². The monoisotopic (exact) mass is 454 g/mol. The molecule has 0 heterocycles. The predicted octanol–water partition coefficient (Wildman–Crippen LogP) is 9.58. The molecule has 0 aromatic heterocycles. The van der Waals surface area contributed by atoms with Crippen LogP contribution in [0.25, 0.3) is 10.8 Å². The second kappa shape index (κ2) is 12.2. The Labute approximate surface area is 206 Å². The zero-order valence-corrected chi connectivity index (χ0v) is 21.0. The molecule has 1 fully saturated rings. The molecule has 0 radical (unpaired) electrons. The van der Waals surface area contributed by atoms with Crippen LogP contribution < -0.4 is 0 Å². The maximum absolute atomic E-state index is 15.2. The molecule has 0 nitrogen and oxygen atoms in total. The van der Waals surface area contributed by atoms with Crippen molar-refractivity contribution in [3.63, 3.8) is 0 Å². The third-order valence-corrected chi connectivity index (χ3v) is 7.61. The van der Waals surface area contributed by atoms with Crippen LogP contribution in [0.1, 0.15) is 106 Å². The van der Waals surface area contributed by atoms with Crippen molar-refractivity contribution >= 4 is 10.8 Å². The maximum Gasteiger partial charge on any atom is 0.146 e.